The quantitative estimate of drug-likeness (QED) is 0.466. The number of anilines is 2. The van der Waals surface area contributed by atoms with Crippen molar-refractivity contribution < 1.29 is 9.53 Å². The van der Waals surface area contributed by atoms with Gasteiger partial charge in [0.25, 0.3) is 0 Å². The van der Waals surface area contributed by atoms with Crippen molar-refractivity contribution in [2.75, 3.05) is 11.5 Å². The molecule has 2 heterocycles. The van der Waals surface area contributed by atoms with E-state index in [-0.39, 0.29) is 12.0 Å². The van der Waals surface area contributed by atoms with Crippen molar-refractivity contribution in [2.45, 2.75) is 52.6 Å². The second kappa shape index (κ2) is 9.11. The highest BCUT2D eigenvalue weighted by Gasteiger charge is 2.25. The molecule has 0 radical (unpaired) electrons. The van der Waals surface area contributed by atoms with Gasteiger partial charge in [-0.3, -0.25) is 9.69 Å². The minimum Gasteiger partial charge on any atom is -0.378 e. The van der Waals surface area contributed by atoms with Crippen LogP contribution in [0.3, 0.4) is 0 Å². The fourth-order valence-electron chi connectivity index (χ4n) is 3.80. The molecule has 0 bridgehead atoms. The van der Waals surface area contributed by atoms with Gasteiger partial charge in [0.05, 0.1) is 17.5 Å². The Bertz CT molecular complexity index is 1020. The van der Waals surface area contributed by atoms with Gasteiger partial charge in [-0.25, -0.2) is 4.98 Å². The zero-order chi connectivity index (χ0) is 21.1. The highest BCUT2D eigenvalue weighted by molar-refractivity contribution is 7.14. The van der Waals surface area contributed by atoms with Crippen LogP contribution in [-0.4, -0.2) is 23.6 Å². The minimum atomic E-state index is 0.0732. The molecule has 1 aliphatic heterocycles. The Labute approximate surface area is 182 Å². The molecule has 30 heavy (non-hydrogen) atoms. The Morgan fingerprint density at radius 2 is 1.90 bits per heavy atom. The van der Waals surface area contributed by atoms with E-state index in [1.807, 2.05) is 12.3 Å². The molecule has 1 aliphatic rings. The van der Waals surface area contributed by atoms with E-state index >= 15 is 0 Å². The number of amides is 1. The van der Waals surface area contributed by atoms with E-state index in [4.69, 9.17) is 9.72 Å². The van der Waals surface area contributed by atoms with Gasteiger partial charge in [0, 0.05) is 24.0 Å². The lowest BCUT2D eigenvalue weighted by Crippen LogP contribution is -2.27. The van der Waals surface area contributed by atoms with Crippen LogP contribution in [0.15, 0.2) is 47.8 Å². The molecule has 1 amide bonds. The molecule has 0 saturated carbocycles. The average Bonchev–Trinajstić information content (AvgIpc) is 3.42. The molecule has 0 N–H and O–H groups in total. The number of aryl methyl sites for hydroxylation is 3. The van der Waals surface area contributed by atoms with Gasteiger partial charge in [-0.15, -0.1) is 11.3 Å². The predicted molar refractivity (Wildman–Crippen MR) is 124 cm³/mol. The van der Waals surface area contributed by atoms with Gasteiger partial charge < -0.3 is 4.74 Å². The van der Waals surface area contributed by atoms with Crippen LogP contribution in [0.1, 0.15) is 42.4 Å². The van der Waals surface area contributed by atoms with Crippen LogP contribution < -0.4 is 4.90 Å². The molecule has 4 rings (SSSR count). The molecule has 1 saturated heterocycles. The number of hydrogen-bond acceptors (Lipinski definition) is 4. The number of carbonyl (C=O) groups excluding carboxylic acids is 1. The summed E-state index contributed by atoms with van der Waals surface area (Å²) in [6.45, 7) is 6.98. The summed E-state index contributed by atoms with van der Waals surface area (Å²) in [6, 6.07) is 14.6. The number of carbonyl (C=O) groups is 1. The molecule has 156 valence electrons. The van der Waals surface area contributed by atoms with E-state index in [1.165, 1.54) is 16.9 Å². The van der Waals surface area contributed by atoms with E-state index in [9.17, 15) is 4.79 Å². The molecule has 0 spiro atoms. The van der Waals surface area contributed by atoms with Crippen molar-refractivity contribution in [2.24, 2.45) is 0 Å². The van der Waals surface area contributed by atoms with E-state index in [1.54, 1.807) is 4.90 Å². The van der Waals surface area contributed by atoms with Crippen molar-refractivity contribution >= 4 is 28.1 Å². The maximum Gasteiger partial charge on any atom is 0.233 e. The van der Waals surface area contributed by atoms with Crippen molar-refractivity contribution in [1.82, 2.24) is 4.98 Å². The number of hydrogen-bond donors (Lipinski definition) is 0. The third kappa shape index (κ3) is 4.63. The average molecular weight is 421 g/mol. The van der Waals surface area contributed by atoms with Crippen LogP contribution in [0, 0.1) is 20.8 Å². The number of thiazole rings is 1. The highest BCUT2D eigenvalue weighted by Crippen LogP contribution is 2.35. The first-order valence-corrected chi connectivity index (χ1v) is 11.4. The first kappa shape index (κ1) is 20.8. The van der Waals surface area contributed by atoms with Crippen LogP contribution in [0.5, 0.6) is 0 Å². The summed E-state index contributed by atoms with van der Waals surface area (Å²) in [6.07, 6.45) is 3.56. The second-order valence-corrected chi connectivity index (χ2v) is 8.91. The Balaban J connectivity index is 1.65. The summed E-state index contributed by atoms with van der Waals surface area (Å²) in [4.78, 5) is 20.0. The van der Waals surface area contributed by atoms with E-state index in [2.05, 4.69) is 56.3 Å². The van der Waals surface area contributed by atoms with Crippen molar-refractivity contribution in [3.63, 3.8) is 0 Å². The third-order valence-corrected chi connectivity index (χ3v) is 6.42. The van der Waals surface area contributed by atoms with Gasteiger partial charge in [-0.1, -0.05) is 42.0 Å². The molecule has 1 unspecified atom stereocenters. The maximum atomic E-state index is 13.4. The smallest absolute Gasteiger partial charge is 0.233 e. The fraction of sp³-hybridized carbons (Fsp3) is 0.360. The summed E-state index contributed by atoms with van der Waals surface area (Å²) in [7, 11) is 0. The molecule has 3 aromatic rings. The summed E-state index contributed by atoms with van der Waals surface area (Å²) in [5, 5.41) is 2.75. The number of rotatable bonds is 6. The highest BCUT2D eigenvalue weighted by atomic mass is 32.1. The number of aromatic nitrogens is 1. The van der Waals surface area contributed by atoms with Crippen molar-refractivity contribution in [3.8, 4) is 11.3 Å². The molecule has 4 nitrogen and oxygen atoms in total. The van der Waals surface area contributed by atoms with Crippen LogP contribution in [0.25, 0.3) is 11.3 Å². The van der Waals surface area contributed by atoms with E-state index < -0.39 is 0 Å². The van der Waals surface area contributed by atoms with Gasteiger partial charge in [0.2, 0.25) is 5.91 Å². The topological polar surface area (TPSA) is 42.4 Å². The molecule has 1 aromatic heterocycles. The Hall–Kier alpha value is -2.50. The summed E-state index contributed by atoms with van der Waals surface area (Å²) in [5.41, 5.74) is 6.29. The van der Waals surface area contributed by atoms with Crippen LogP contribution in [0.4, 0.5) is 10.8 Å². The van der Waals surface area contributed by atoms with Gasteiger partial charge in [0.1, 0.15) is 0 Å². The molecular formula is C25H28N2O2S. The van der Waals surface area contributed by atoms with Crippen LogP contribution in [0.2, 0.25) is 0 Å². The fourth-order valence-corrected chi connectivity index (χ4v) is 4.66. The standard InChI is InChI=1S/C25H28N2O2S/c1-17-7-10-20(11-8-17)22-16-30-25(26-22)27(23-15-18(2)6-9-19(23)3)24(28)13-12-21-5-4-14-29-21/h6-11,15-16,21H,4-5,12-14H2,1-3H3. The first-order valence-electron chi connectivity index (χ1n) is 10.6. The Morgan fingerprint density at radius 3 is 2.63 bits per heavy atom. The van der Waals surface area contributed by atoms with Crippen molar-refractivity contribution in [3.05, 3.63) is 64.5 Å². The second-order valence-electron chi connectivity index (χ2n) is 8.07. The molecular weight excluding hydrogens is 392 g/mol. The first-order chi connectivity index (χ1) is 14.5. The van der Waals surface area contributed by atoms with Gasteiger partial charge >= 0.3 is 0 Å². The van der Waals surface area contributed by atoms with Crippen LogP contribution >= 0.6 is 11.3 Å². The lowest BCUT2D eigenvalue weighted by atomic mass is 10.1. The monoisotopic (exact) mass is 420 g/mol. The number of benzene rings is 2. The SMILES string of the molecule is Cc1ccc(-c2csc(N(C(=O)CCC3CCCO3)c3cc(C)ccc3C)n2)cc1. The van der Waals surface area contributed by atoms with Gasteiger partial charge in [-0.2, -0.15) is 0 Å². The molecule has 1 fully saturated rings. The number of ether oxygens (including phenoxy) is 1. The minimum absolute atomic E-state index is 0.0732. The molecule has 5 heteroatoms. The van der Waals surface area contributed by atoms with Gasteiger partial charge in [0.15, 0.2) is 5.13 Å². The van der Waals surface area contributed by atoms with E-state index in [0.717, 1.165) is 59.1 Å². The molecule has 0 aliphatic carbocycles. The lowest BCUT2D eigenvalue weighted by Gasteiger charge is -2.23. The van der Waals surface area contributed by atoms with Gasteiger partial charge in [-0.05, 0) is 57.2 Å². The largest absolute Gasteiger partial charge is 0.378 e. The Kier molecular flexibility index (Phi) is 6.30. The molecule has 1 atom stereocenters. The van der Waals surface area contributed by atoms with Crippen molar-refractivity contribution in [1.29, 1.82) is 0 Å². The predicted octanol–water partition coefficient (Wildman–Crippen LogP) is 6.36. The molecule has 2 aromatic carbocycles. The summed E-state index contributed by atoms with van der Waals surface area (Å²) < 4.78 is 5.73. The van der Waals surface area contributed by atoms with Crippen LogP contribution in [-0.2, 0) is 9.53 Å². The normalized spacial score (nSPS) is 16.0. The zero-order valence-corrected chi connectivity index (χ0v) is 18.7. The van der Waals surface area contributed by atoms with E-state index in [0.29, 0.717) is 6.42 Å². The summed E-state index contributed by atoms with van der Waals surface area (Å²) >= 11 is 1.52. The third-order valence-electron chi connectivity index (χ3n) is 5.59. The zero-order valence-electron chi connectivity index (χ0n) is 17.9. The summed E-state index contributed by atoms with van der Waals surface area (Å²) in [5.74, 6) is 0.0732. The maximum absolute atomic E-state index is 13.4. The lowest BCUT2D eigenvalue weighted by molar-refractivity contribution is -0.118. The Morgan fingerprint density at radius 1 is 1.13 bits per heavy atom. The number of nitrogens with zero attached hydrogens (tertiary/aromatic N) is 2.